The van der Waals surface area contributed by atoms with Gasteiger partial charge in [-0.15, -0.1) is 0 Å². The maximum atomic E-state index is 5.67. The quantitative estimate of drug-likeness (QED) is 0.781. The third-order valence-corrected chi connectivity index (χ3v) is 2.44. The lowest BCUT2D eigenvalue weighted by Crippen LogP contribution is -2.21. The van der Waals surface area contributed by atoms with Crippen LogP contribution < -0.4 is 10.6 Å². The Balaban J connectivity index is 2.46. The highest BCUT2D eigenvalue weighted by Gasteiger charge is 2.10. The summed E-state index contributed by atoms with van der Waals surface area (Å²) in [5, 5.41) is 0. The van der Waals surface area contributed by atoms with Crippen molar-refractivity contribution in [3.8, 4) is 0 Å². The van der Waals surface area contributed by atoms with Crippen LogP contribution in [0.3, 0.4) is 0 Å². The summed E-state index contributed by atoms with van der Waals surface area (Å²) in [6.45, 7) is 5.93. The lowest BCUT2D eigenvalue weighted by atomic mass is 10.3. The number of anilines is 2. The average molecular weight is 205 g/mol. The molecule has 1 aromatic carbocycles. The van der Waals surface area contributed by atoms with Crippen molar-refractivity contribution < 1.29 is 4.42 Å². The van der Waals surface area contributed by atoms with Gasteiger partial charge in [-0.2, -0.15) is 4.98 Å². The zero-order chi connectivity index (χ0) is 10.8. The number of nitrogens with zero attached hydrogens (tertiary/aromatic N) is 2. The molecule has 2 rings (SSSR count). The van der Waals surface area contributed by atoms with Gasteiger partial charge in [0, 0.05) is 24.8 Å². The van der Waals surface area contributed by atoms with E-state index in [9.17, 15) is 0 Å². The van der Waals surface area contributed by atoms with Gasteiger partial charge in [-0.25, -0.2) is 0 Å². The predicted octanol–water partition coefficient (Wildman–Crippen LogP) is 2.26. The monoisotopic (exact) mass is 205 g/mol. The minimum atomic E-state index is 0.667. The molecule has 2 aromatic rings. The van der Waals surface area contributed by atoms with Crippen LogP contribution in [0, 0.1) is 0 Å². The highest BCUT2D eigenvalue weighted by atomic mass is 16.4. The maximum absolute atomic E-state index is 5.67. The van der Waals surface area contributed by atoms with E-state index in [0.717, 1.165) is 24.2 Å². The van der Waals surface area contributed by atoms with E-state index in [2.05, 4.69) is 23.7 Å². The van der Waals surface area contributed by atoms with Gasteiger partial charge in [0.15, 0.2) is 5.58 Å². The van der Waals surface area contributed by atoms with Crippen LogP contribution in [-0.4, -0.2) is 18.1 Å². The summed E-state index contributed by atoms with van der Waals surface area (Å²) in [5.74, 6) is 0. The second-order valence-corrected chi connectivity index (χ2v) is 3.40. The molecule has 2 N–H and O–H groups in total. The van der Waals surface area contributed by atoms with Crippen molar-refractivity contribution in [2.24, 2.45) is 0 Å². The standard InChI is InChI=1S/C11H15N3O/c1-3-14(4-2)11-13-9-6-5-8(12)7-10(9)15-11/h5-7H,3-4,12H2,1-2H3. The van der Waals surface area contributed by atoms with Crippen LogP contribution in [0.2, 0.25) is 0 Å². The fourth-order valence-electron chi connectivity index (χ4n) is 1.56. The van der Waals surface area contributed by atoms with E-state index in [1.54, 1.807) is 6.07 Å². The number of aromatic nitrogens is 1. The largest absolute Gasteiger partial charge is 0.423 e. The van der Waals surface area contributed by atoms with Gasteiger partial charge in [0.05, 0.1) is 0 Å². The topological polar surface area (TPSA) is 55.3 Å². The fraction of sp³-hybridized carbons (Fsp3) is 0.364. The molecule has 0 atom stereocenters. The molecule has 1 aromatic heterocycles. The minimum Gasteiger partial charge on any atom is -0.423 e. The first-order chi connectivity index (χ1) is 7.24. The van der Waals surface area contributed by atoms with Crippen molar-refractivity contribution in [2.75, 3.05) is 23.7 Å². The fourth-order valence-corrected chi connectivity index (χ4v) is 1.56. The summed E-state index contributed by atoms with van der Waals surface area (Å²) in [6.07, 6.45) is 0. The van der Waals surface area contributed by atoms with Crippen molar-refractivity contribution in [1.29, 1.82) is 0 Å². The molecule has 0 aliphatic heterocycles. The van der Waals surface area contributed by atoms with Crippen molar-refractivity contribution in [2.45, 2.75) is 13.8 Å². The van der Waals surface area contributed by atoms with E-state index in [0.29, 0.717) is 11.7 Å². The van der Waals surface area contributed by atoms with Crippen molar-refractivity contribution >= 4 is 22.8 Å². The molecule has 4 heteroatoms. The normalized spacial score (nSPS) is 10.8. The Labute approximate surface area is 88.7 Å². The van der Waals surface area contributed by atoms with Gasteiger partial charge in [-0.05, 0) is 26.0 Å². The Bertz CT molecular complexity index is 460. The van der Waals surface area contributed by atoms with Gasteiger partial charge in [0.2, 0.25) is 0 Å². The van der Waals surface area contributed by atoms with Crippen molar-refractivity contribution in [3.05, 3.63) is 18.2 Å². The Kier molecular flexibility index (Phi) is 2.49. The first kappa shape index (κ1) is 9.83. The molecule has 0 spiro atoms. The molecule has 0 fully saturated rings. The van der Waals surface area contributed by atoms with Crippen LogP contribution in [0.5, 0.6) is 0 Å². The first-order valence-corrected chi connectivity index (χ1v) is 5.15. The minimum absolute atomic E-state index is 0.667. The molecule has 0 saturated heterocycles. The SMILES string of the molecule is CCN(CC)c1nc2ccc(N)cc2o1. The van der Waals surface area contributed by atoms with E-state index < -0.39 is 0 Å². The van der Waals surface area contributed by atoms with Gasteiger partial charge < -0.3 is 15.1 Å². The van der Waals surface area contributed by atoms with Crippen LogP contribution in [0.15, 0.2) is 22.6 Å². The highest BCUT2D eigenvalue weighted by Crippen LogP contribution is 2.23. The predicted molar refractivity (Wildman–Crippen MR) is 62.0 cm³/mol. The van der Waals surface area contributed by atoms with E-state index >= 15 is 0 Å². The third-order valence-electron chi connectivity index (χ3n) is 2.44. The number of hydrogen-bond donors (Lipinski definition) is 1. The molecular formula is C11H15N3O. The van der Waals surface area contributed by atoms with Gasteiger partial charge in [0.25, 0.3) is 6.01 Å². The molecule has 0 amide bonds. The summed E-state index contributed by atoms with van der Waals surface area (Å²) in [6, 6.07) is 6.17. The van der Waals surface area contributed by atoms with Crippen LogP contribution >= 0.6 is 0 Å². The van der Waals surface area contributed by atoms with E-state index in [-0.39, 0.29) is 0 Å². The Morgan fingerprint density at radius 1 is 1.33 bits per heavy atom. The van der Waals surface area contributed by atoms with Gasteiger partial charge in [-0.3, -0.25) is 0 Å². The molecule has 15 heavy (non-hydrogen) atoms. The molecule has 0 aliphatic carbocycles. The summed E-state index contributed by atoms with van der Waals surface area (Å²) >= 11 is 0. The number of rotatable bonds is 3. The van der Waals surface area contributed by atoms with Gasteiger partial charge in [0.1, 0.15) is 5.52 Å². The Hall–Kier alpha value is -1.71. The molecule has 80 valence electrons. The molecule has 0 aliphatic rings. The summed E-state index contributed by atoms with van der Waals surface area (Å²) in [7, 11) is 0. The van der Waals surface area contributed by atoms with Gasteiger partial charge in [-0.1, -0.05) is 0 Å². The number of fused-ring (bicyclic) bond motifs is 1. The van der Waals surface area contributed by atoms with Crippen LogP contribution in [0.4, 0.5) is 11.7 Å². The lowest BCUT2D eigenvalue weighted by molar-refractivity contribution is 0.576. The lowest BCUT2D eigenvalue weighted by Gasteiger charge is -2.14. The summed E-state index contributed by atoms with van der Waals surface area (Å²) in [4.78, 5) is 6.47. The summed E-state index contributed by atoms with van der Waals surface area (Å²) < 4.78 is 5.63. The second-order valence-electron chi connectivity index (χ2n) is 3.40. The molecular weight excluding hydrogens is 190 g/mol. The Morgan fingerprint density at radius 2 is 2.07 bits per heavy atom. The molecule has 0 unspecified atom stereocenters. The second kappa shape index (κ2) is 3.81. The van der Waals surface area contributed by atoms with E-state index in [4.69, 9.17) is 10.2 Å². The van der Waals surface area contributed by atoms with E-state index in [1.807, 2.05) is 12.1 Å². The Morgan fingerprint density at radius 3 is 2.73 bits per heavy atom. The zero-order valence-corrected chi connectivity index (χ0v) is 9.03. The molecule has 0 radical (unpaired) electrons. The van der Waals surface area contributed by atoms with Gasteiger partial charge >= 0.3 is 0 Å². The molecule has 1 heterocycles. The molecule has 0 saturated carbocycles. The van der Waals surface area contributed by atoms with Crippen LogP contribution in [0.25, 0.3) is 11.1 Å². The number of nitrogen functional groups attached to an aromatic ring is 1. The smallest absolute Gasteiger partial charge is 0.298 e. The molecule has 4 nitrogen and oxygen atoms in total. The molecule has 0 bridgehead atoms. The van der Waals surface area contributed by atoms with Crippen molar-refractivity contribution in [1.82, 2.24) is 4.98 Å². The first-order valence-electron chi connectivity index (χ1n) is 5.15. The number of hydrogen-bond acceptors (Lipinski definition) is 4. The maximum Gasteiger partial charge on any atom is 0.298 e. The third kappa shape index (κ3) is 1.75. The van der Waals surface area contributed by atoms with E-state index in [1.165, 1.54) is 0 Å². The number of oxazole rings is 1. The number of nitrogens with two attached hydrogens (primary N) is 1. The average Bonchev–Trinajstić information content (AvgIpc) is 2.62. The van der Waals surface area contributed by atoms with Crippen LogP contribution in [0.1, 0.15) is 13.8 Å². The van der Waals surface area contributed by atoms with Crippen molar-refractivity contribution in [3.63, 3.8) is 0 Å². The number of benzene rings is 1. The summed E-state index contributed by atoms with van der Waals surface area (Å²) in [5.41, 5.74) is 7.97. The highest BCUT2D eigenvalue weighted by molar-refractivity contribution is 5.78. The zero-order valence-electron chi connectivity index (χ0n) is 9.03. The van der Waals surface area contributed by atoms with Crippen LogP contribution in [-0.2, 0) is 0 Å².